The fraction of sp³-hybridized carbons (Fsp3) is 0.125. The van der Waals surface area contributed by atoms with E-state index in [1.54, 1.807) is 0 Å². The molecule has 1 amide bonds. The van der Waals surface area contributed by atoms with Gasteiger partial charge in [0, 0.05) is 17.8 Å². The normalized spacial score (nSPS) is 17.0. The van der Waals surface area contributed by atoms with E-state index in [0.29, 0.717) is 5.69 Å². The number of nitrogens with zero attached hydrogens (tertiary/aromatic N) is 1. The van der Waals surface area contributed by atoms with E-state index in [9.17, 15) is 13.2 Å². The molecule has 2 aliphatic heterocycles. The second kappa shape index (κ2) is 5.57. The Morgan fingerprint density at radius 2 is 1.88 bits per heavy atom. The number of anilines is 3. The van der Waals surface area contributed by atoms with E-state index in [4.69, 9.17) is 5.14 Å². The van der Waals surface area contributed by atoms with E-state index >= 15 is 0 Å². The van der Waals surface area contributed by atoms with Crippen LogP contribution in [0.5, 0.6) is 0 Å². The van der Waals surface area contributed by atoms with Gasteiger partial charge < -0.3 is 10.6 Å². The third kappa shape index (κ3) is 2.83. The number of nitrogens with two attached hydrogens (primary N) is 1. The summed E-state index contributed by atoms with van der Waals surface area (Å²) in [6.07, 6.45) is 0.930. The van der Waals surface area contributed by atoms with Crippen LogP contribution in [0.3, 0.4) is 0 Å². The van der Waals surface area contributed by atoms with Gasteiger partial charge >= 0.3 is 0 Å². The van der Waals surface area contributed by atoms with Gasteiger partial charge in [-0.1, -0.05) is 0 Å². The predicted molar refractivity (Wildman–Crippen MR) is 95.2 cm³/mol. The van der Waals surface area contributed by atoms with E-state index in [2.05, 4.69) is 21.2 Å². The van der Waals surface area contributed by atoms with Crippen molar-refractivity contribution in [1.29, 1.82) is 0 Å². The summed E-state index contributed by atoms with van der Waals surface area (Å²) in [6, 6.07) is 9.68. The zero-order valence-electron chi connectivity index (χ0n) is 13.0. The van der Waals surface area contributed by atoms with Gasteiger partial charge in [-0.2, -0.15) is 5.10 Å². The van der Waals surface area contributed by atoms with Crippen molar-refractivity contribution in [2.75, 3.05) is 22.6 Å². The molecule has 0 atom stereocenters. The smallest absolute Gasteiger partial charge is 0.276 e. The molecule has 8 nitrogen and oxygen atoms in total. The second-order valence-electron chi connectivity index (χ2n) is 5.83. The number of nitrogens with one attached hydrogen (secondary N) is 3. The first-order valence-electron chi connectivity index (χ1n) is 7.61. The summed E-state index contributed by atoms with van der Waals surface area (Å²) in [4.78, 5) is 12.2. The molecule has 2 aromatic rings. The standard InChI is InChI=1S/C16H15N5O3S/c17-25(23,24)11-3-1-10(2-4-11)20-21-15-12-8-13-9(5-6-18-13)7-14(12)19-16(15)22/h1-4,7-8,18,20H,5-6H2,(H2,17,23,24)(H,19,21,22). The first kappa shape index (κ1) is 15.6. The van der Waals surface area contributed by atoms with Gasteiger partial charge in [0.05, 0.1) is 16.3 Å². The quantitative estimate of drug-likeness (QED) is 0.611. The van der Waals surface area contributed by atoms with Crippen molar-refractivity contribution >= 4 is 38.7 Å². The molecule has 0 spiro atoms. The largest absolute Gasteiger partial charge is 0.384 e. The average Bonchev–Trinajstić information content (AvgIpc) is 3.13. The molecule has 0 saturated heterocycles. The van der Waals surface area contributed by atoms with Gasteiger partial charge in [-0.15, -0.1) is 0 Å². The molecule has 2 aromatic carbocycles. The highest BCUT2D eigenvalue weighted by molar-refractivity contribution is 7.89. The summed E-state index contributed by atoms with van der Waals surface area (Å²) >= 11 is 0. The molecule has 2 aliphatic rings. The molecule has 2 heterocycles. The molecule has 25 heavy (non-hydrogen) atoms. The Labute approximate surface area is 144 Å². The second-order valence-corrected chi connectivity index (χ2v) is 7.39. The highest BCUT2D eigenvalue weighted by atomic mass is 32.2. The Balaban J connectivity index is 1.61. The first-order valence-corrected chi connectivity index (χ1v) is 9.15. The Kier molecular flexibility index (Phi) is 3.48. The molecule has 0 radical (unpaired) electrons. The summed E-state index contributed by atoms with van der Waals surface area (Å²) in [5.74, 6) is -0.285. The number of amides is 1. The van der Waals surface area contributed by atoms with Gasteiger partial charge in [0.1, 0.15) is 0 Å². The Morgan fingerprint density at radius 3 is 2.60 bits per heavy atom. The van der Waals surface area contributed by atoms with Gasteiger partial charge in [-0.3, -0.25) is 10.2 Å². The lowest BCUT2D eigenvalue weighted by Crippen LogP contribution is -2.16. The lowest BCUT2D eigenvalue weighted by Gasteiger charge is -2.05. The summed E-state index contributed by atoms with van der Waals surface area (Å²) in [5, 5.41) is 15.3. The van der Waals surface area contributed by atoms with Gasteiger partial charge in [0.25, 0.3) is 5.91 Å². The van der Waals surface area contributed by atoms with Crippen LogP contribution < -0.4 is 21.2 Å². The van der Waals surface area contributed by atoms with E-state index in [-0.39, 0.29) is 16.5 Å². The first-order chi connectivity index (χ1) is 11.9. The van der Waals surface area contributed by atoms with E-state index < -0.39 is 10.0 Å². The molecule has 5 N–H and O–H groups in total. The molecule has 0 aliphatic carbocycles. The minimum absolute atomic E-state index is 0.0105. The topological polar surface area (TPSA) is 126 Å². The number of fused-ring (bicyclic) bond motifs is 2. The van der Waals surface area contributed by atoms with Crippen LogP contribution in [-0.4, -0.2) is 26.6 Å². The Bertz CT molecular complexity index is 1010. The maximum atomic E-state index is 12.2. The van der Waals surface area contributed by atoms with Crippen LogP contribution in [0.25, 0.3) is 0 Å². The number of hydrazone groups is 1. The van der Waals surface area contributed by atoms with Crippen LogP contribution >= 0.6 is 0 Å². The summed E-state index contributed by atoms with van der Waals surface area (Å²) in [7, 11) is -3.74. The van der Waals surface area contributed by atoms with E-state index in [1.165, 1.54) is 29.8 Å². The van der Waals surface area contributed by atoms with Crippen LogP contribution in [0.2, 0.25) is 0 Å². The third-order valence-corrected chi connectivity index (χ3v) is 5.08. The fourth-order valence-corrected chi connectivity index (χ4v) is 3.42. The van der Waals surface area contributed by atoms with E-state index in [0.717, 1.165) is 29.9 Å². The van der Waals surface area contributed by atoms with Crippen molar-refractivity contribution in [1.82, 2.24) is 0 Å². The molecule has 4 rings (SSSR count). The lowest BCUT2D eigenvalue weighted by molar-refractivity contribution is -0.110. The Morgan fingerprint density at radius 1 is 1.12 bits per heavy atom. The molecule has 0 bridgehead atoms. The lowest BCUT2D eigenvalue weighted by atomic mass is 10.1. The van der Waals surface area contributed by atoms with Crippen LogP contribution in [-0.2, 0) is 21.2 Å². The molecule has 9 heteroatoms. The number of sulfonamides is 1. The molecule has 0 unspecified atom stereocenters. The zero-order chi connectivity index (χ0) is 17.6. The van der Waals surface area contributed by atoms with E-state index in [1.807, 2.05) is 12.1 Å². The average molecular weight is 357 g/mol. The SMILES string of the molecule is NS(=O)(=O)c1ccc(N/N=C2\C(=O)Nc3cc4c(cc32)NCC4)cc1. The number of carbonyl (C=O) groups is 1. The van der Waals surface area contributed by atoms with Gasteiger partial charge in [0.2, 0.25) is 10.0 Å². The number of primary sulfonamides is 1. The van der Waals surface area contributed by atoms with Crippen molar-refractivity contribution in [2.24, 2.45) is 10.2 Å². The number of carbonyl (C=O) groups excluding carboxylic acids is 1. The van der Waals surface area contributed by atoms with Crippen molar-refractivity contribution < 1.29 is 13.2 Å². The highest BCUT2D eigenvalue weighted by Gasteiger charge is 2.28. The minimum Gasteiger partial charge on any atom is -0.384 e. The number of benzene rings is 2. The minimum atomic E-state index is -3.74. The Hall–Kier alpha value is -2.91. The molecule has 0 aromatic heterocycles. The summed E-state index contributed by atoms with van der Waals surface area (Å²) in [6.45, 7) is 0.882. The van der Waals surface area contributed by atoms with Crippen LogP contribution in [0.15, 0.2) is 46.4 Å². The predicted octanol–water partition coefficient (Wildman–Crippen LogP) is 1.07. The third-order valence-electron chi connectivity index (χ3n) is 4.15. The maximum absolute atomic E-state index is 12.2. The van der Waals surface area contributed by atoms with Crippen molar-refractivity contribution in [3.05, 3.63) is 47.5 Å². The number of hydrogen-bond acceptors (Lipinski definition) is 6. The monoisotopic (exact) mass is 357 g/mol. The molecule has 0 fully saturated rings. The zero-order valence-corrected chi connectivity index (χ0v) is 13.9. The molecule has 128 valence electrons. The number of hydrogen-bond donors (Lipinski definition) is 4. The number of rotatable bonds is 3. The highest BCUT2D eigenvalue weighted by Crippen LogP contribution is 2.33. The molecular weight excluding hydrogens is 342 g/mol. The van der Waals surface area contributed by atoms with Gasteiger partial charge in [0.15, 0.2) is 5.71 Å². The molecule has 0 saturated carbocycles. The van der Waals surface area contributed by atoms with Gasteiger partial charge in [-0.05, 0) is 48.4 Å². The van der Waals surface area contributed by atoms with Crippen molar-refractivity contribution in [3.8, 4) is 0 Å². The van der Waals surface area contributed by atoms with Crippen LogP contribution in [0.4, 0.5) is 17.1 Å². The van der Waals surface area contributed by atoms with Crippen molar-refractivity contribution in [2.45, 2.75) is 11.3 Å². The molecular formula is C16H15N5O3S. The summed E-state index contributed by atoms with van der Waals surface area (Å²) in [5.41, 5.74) is 7.26. The van der Waals surface area contributed by atoms with Crippen LogP contribution in [0, 0.1) is 0 Å². The fourth-order valence-electron chi connectivity index (χ4n) is 2.90. The van der Waals surface area contributed by atoms with Crippen molar-refractivity contribution in [3.63, 3.8) is 0 Å². The van der Waals surface area contributed by atoms with Gasteiger partial charge in [-0.25, -0.2) is 13.6 Å². The van der Waals surface area contributed by atoms with Crippen LogP contribution in [0.1, 0.15) is 11.1 Å². The maximum Gasteiger partial charge on any atom is 0.276 e. The summed E-state index contributed by atoms with van der Waals surface area (Å²) < 4.78 is 22.5.